The van der Waals surface area contributed by atoms with E-state index in [0.717, 1.165) is 19.3 Å². The van der Waals surface area contributed by atoms with E-state index in [1.807, 2.05) is 33.1 Å². The van der Waals surface area contributed by atoms with Gasteiger partial charge in [0.25, 0.3) is 0 Å². The van der Waals surface area contributed by atoms with E-state index in [9.17, 15) is 4.79 Å². The Hall–Kier alpha value is -0.410. The van der Waals surface area contributed by atoms with Crippen molar-refractivity contribution in [3.63, 3.8) is 0 Å². The number of ketones is 1. The summed E-state index contributed by atoms with van der Waals surface area (Å²) in [7, 11) is 7.97. The average molecular weight is 198 g/mol. The maximum absolute atomic E-state index is 12.2. The van der Waals surface area contributed by atoms with Gasteiger partial charge >= 0.3 is 0 Å². The van der Waals surface area contributed by atoms with Crippen molar-refractivity contribution in [2.75, 3.05) is 28.2 Å². The van der Waals surface area contributed by atoms with Crippen molar-refractivity contribution >= 4 is 5.78 Å². The monoisotopic (exact) mass is 198 g/mol. The van der Waals surface area contributed by atoms with Crippen LogP contribution in [-0.2, 0) is 4.79 Å². The topological polar surface area (TPSA) is 23.6 Å². The van der Waals surface area contributed by atoms with Crippen LogP contribution in [-0.4, -0.2) is 55.4 Å². The van der Waals surface area contributed by atoms with Crippen molar-refractivity contribution < 1.29 is 4.79 Å². The summed E-state index contributed by atoms with van der Waals surface area (Å²) in [6.45, 7) is 2.06. The normalized spacial score (nSPS) is 34.2. The van der Waals surface area contributed by atoms with E-state index in [1.165, 1.54) is 0 Å². The molecule has 0 aliphatic heterocycles. The molecule has 1 fully saturated rings. The maximum atomic E-state index is 12.2. The van der Waals surface area contributed by atoms with Gasteiger partial charge in [0, 0.05) is 0 Å². The molecule has 0 amide bonds. The van der Waals surface area contributed by atoms with Crippen LogP contribution in [0.4, 0.5) is 0 Å². The molecule has 0 aromatic heterocycles. The molecule has 2 atom stereocenters. The molecule has 0 bridgehead atoms. The minimum atomic E-state index is -0.257. The van der Waals surface area contributed by atoms with Crippen LogP contribution in [0.15, 0.2) is 0 Å². The summed E-state index contributed by atoms with van der Waals surface area (Å²) in [5.74, 6) is 0.374. The molecule has 0 spiro atoms. The molecule has 0 aromatic rings. The van der Waals surface area contributed by atoms with E-state index in [0.29, 0.717) is 5.78 Å². The molecule has 0 aromatic carbocycles. The second kappa shape index (κ2) is 3.99. The van der Waals surface area contributed by atoms with Gasteiger partial charge in [0.05, 0.1) is 11.6 Å². The lowest BCUT2D eigenvalue weighted by molar-refractivity contribution is -0.136. The van der Waals surface area contributed by atoms with Gasteiger partial charge in [-0.05, 0) is 54.4 Å². The number of likely N-dealkylation sites (N-methyl/N-ethyl adjacent to an activating group) is 2. The van der Waals surface area contributed by atoms with Crippen molar-refractivity contribution in [2.24, 2.45) is 0 Å². The first-order valence-corrected chi connectivity index (χ1v) is 5.28. The largest absolute Gasteiger partial charge is 0.300 e. The molecule has 0 N–H and O–H groups in total. The molecule has 1 aliphatic rings. The van der Waals surface area contributed by atoms with Gasteiger partial charge < -0.3 is 0 Å². The van der Waals surface area contributed by atoms with E-state index in [-0.39, 0.29) is 11.6 Å². The van der Waals surface area contributed by atoms with Crippen molar-refractivity contribution in [3.8, 4) is 0 Å². The Labute approximate surface area is 87.1 Å². The molecule has 3 nitrogen and oxygen atoms in total. The number of nitrogens with zero attached hydrogens (tertiary/aromatic N) is 2. The van der Waals surface area contributed by atoms with E-state index >= 15 is 0 Å². The number of carbonyl (C=O) groups excluding carboxylic acids is 1. The van der Waals surface area contributed by atoms with Gasteiger partial charge in [-0.3, -0.25) is 14.6 Å². The molecule has 1 rings (SSSR count). The number of Topliss-reactive ketones (excluding diaryl/α,β-unsaturated/α-hetero) is 1. The molecule has 82 valence electrons. The summed E-state index contributed by atoms with van der Waals surface area (Å²) in [5.41, 5.74) is -0.257. The van der Waals surface area contributed by atoms with Crippen LogP contribution in [0.5, 0.6) is 0 Å². The van der Waals surface area contributed by atoms with E-state index in [4.69, 9.17) is 0 Å². The average Bonchev–Trinajstić information content (AvgIpc) is 2.09. The number of hydrogen-bond acceptors (Lipinski definition) is 3. The lowest BCUT2D eigenvalue weighted by Gasteiger charge is -2.43. The van der Waals surface area contributed by atoms with Crippen LogP contribution in [0.1, 0.15) is 26.2 Å². The van der Waals surface area contributed by atoms with Gasteiger partial charge in [-0.2, -0.15) is 0 Å². The molecule has 1 saturated carbocycles. The van der Waals surface area contributed by atoms with Gasteiger partial charge in [0.2, 0.25) is 0 Å². The molecule has 1 aliphatic carbocycles. The first-order valence-electron chi connectivity index (χ1n) is 5.28. The molecule has 0 unspecified atom stereocenters. The first kappa shape index (κ1) is 11.7. The van der Waals surface area contributed by atoms with Crippen molar-refractivity contribution in [1.82, 2.24) is 9.80 Å². The van der Waals surface area contributed by atoms with E-state index in [2.05, 4.69) is 11.8 Å². The van der Waals surface area contributed by atoms with Crippen molar-refractivity contribution in [3.05, 3.63) is 0 Å². The van der Waals surface area contributed by atoms with Crippen LogP contribution in [0.2, 0.25) is 0 Å². The molecular weight excluding hydrogens is 176 g/mol. The number of rotatable bonds is 2. The van der Waals surface area contributed by atoms with Crippen LogP contribution in [0, 0.1) is 0 Å². The number of carbonyl (C=O) groups is 1. The summed E-state index contributed by atoms with van der Waals surface area (Å²) in [5, 5.41) is 0. The zero-order valence-electron chi connectivity index (χ0n) is 10.0. The van der Waals surface area contributed by atoms with Crippen molar-refractivity contribution in [2.45, 2.75) is 37.8 Å². The summed E-state index contributed by atoms with van der Waals surface area (Å²) < 4.78 is 0. The minimum Gasteiger partial charge on any atom is -0.300 e. The Morgan fingerprint density at radius 2 is 1.86 bits per heavy atom. The molecule has 0 saturated heterocycles. The fourth-order valence-electron chi connectivity index (χ4n) is 2.19. The Morgan fingerprint density at radius 1 is 1.29 bits per heavy atom. The summed E-state index contributed by atoms with van der Waals surface area (Å²) in [6, 6.07) is 0.108. The molecule has 0 radical (unpaired) electrons. The van der Waals surface area contributed by atoms with Crippen LogP contribution in [0.3, 0.4) is 0 Å². The minimum absolute atomic E-state index is 0.108. The predicted octanol–water partition coefficient (Wildman–Crippen LogP) is 0.990. The highest BCUT2D eigenvalue weighted by Gasteiger charge is 2.43. The zero-order valence-corrected chi connectivity index (χ0v) is 10.0. The summed E-state index contributed by atoms with van der Waals surface area (Å²) in [4.78, 5) is 16.4. The second-order valence-corrected chi connectivity index (χ2v) is 4.90. The predicted molar refractivity (Wildman–Crippen MR) is 58.4 cm³/mol. The van der Waals surface area contributed by atoms with Crippen LogP contribution in [0.25, 0.3) is 0 Å². The lowest BCUT2D eigenvalue weighted by atomic mass is 9.78. The quantitative estimate of drug-likeness (QED) is 0.661. The highest BCUT2D eigenvalue weighted by molar-refractivity contribution is 5.93. The molecular formula is C11H22N2O. The van der Waals surface area contributed by atoms with Gasteiger partial charge in [-0.15, -0.1) is 0 Å². The van der Waals surface area contributed by atoms with E-state index in [1.54, 1.807) is 0 Å². The number of hydrogen-bond donors (Lipinski definition) is 0. The van der Waals surface area contributed by atoms with Gasteiger partial charge in [-0.25, -0.2) is 0 Å². The van der Waals surface area contributed by atoms with E-state index < -0.39 is 0 Å². The van der Waals surface area contributed by atoms with Crippen LogP contribution < -0.4 is 0 Å². The Morgan fingerprint density at radius 3 is 2.29 bits per heavy atom. The Kier molecular flexibility index (Phi) is 3.32. The molecule has 3 heteroatoms. The SMILES string of the molecule is CN(C)[C@@H]1CCC[C@@](C)(N(C)C)C1=O. The standard InChI is InChI=1S/C11H22N2O/c1-11(13(4)5)8-6-7-9(10(11)14)12(2)3/h9H,6-8H2,1-5H3/t9-,11-/m1/s1. The molecule has 0 heterocycles. The van der Waals surface area contributed by atoms with Gasteiger partial charge in [0.1, 0.15) is 0 Å². The smallest absolute Gasteiger partial charge is 0.169 e. The summed E-state index contributed by atoms with van der Waals surface area (Å²) in [6.07, 6.45) is 3.14. The van der Waals surface area contributed by atoms with Crippen LogP contribution >= 0.6 is 0 Å². The molecule has 14 heavy (non-hydrogen) atoms. The van der Waals surface area contributed by atoms with Gasteiger partial charge in [0.15, 0.2) is 5.78 Å². The highest BCUT2D eigenvalue weighted by atomic mass is 16.1. The third-order valence-corrected chi connectivity index (χ3v) is 3.59. The lowest BCUT2D eigenvalue weighted by Crippen LogP contribution is -2.58. The maximum Gasteiger partial charge on any atom is 0.169 e. The zero-order chi connectivity index (χ0) is 10.9. The Balaban J connectivity index is 2.86. The van der Waals surface area contributed by atoms with Crippen molar-refractivity contribution in [1.29, 1.82) is 0 Å². The van der Waals surface area contributed by atoms with Gasteiger partial charge in [-0.1, -0.05) is 0 Å². The second-order valence-electron chi connectivity index (χ2n) is 4.90. The summed E-state index contributed by atoms with van der Waals surface area (Å²) >= 11 is 0. The first-order chi connectivity index (χ1) is 6.39. The fourth-order valence-corrected chi connectivity index (χ4v) is 2.19. The fraction of sp³-hybridized carbons (Fsp3) is 0.909. The highest BCUT2D eigenvalue weighted by Crippen LogP contribution is 2.30. The third-order valence-electron chi connectivity index (χ3n) is 3.59. The Bertz CT molecular complexity index is 225. The third kappa shape index (κ3) is 1.84.